The van der Waals surface area contributed by atoms with Crippen molar-refractivity contribution in [1.29, 1.82) is 0 Å². The van der Waals surface area contributed by atoms with Gasteiger partial charge < -0.3 is 19.8 Å². The molecule has 0 bridgehead atoms. The molecule has 8 heteroatoms. The Hall–Kier alpha value is -0.0100. The van der Waals surface area contributed by atoms with Crippen molar-refractivity contribution in [3.8, 4) is 0 Å². The predicted octanol–water partition coefficient (Wildman–Crippen LogP) is 4.58. The lowest BCUT2D eigenvalue weighted by atomic mass is 10.00. The Labute approximate surface area is 176 Å². The van der Waals surface area contributed by atoms with E-state index < -0.39 is 32.2 Å². The second kappa shape index (κ2) is 14.9. The van der Waals surface area contributed by atoms with Crippen LogP contribution in [0.25, 0.3) is 0 Å². The zero-order valence-corrected chi connectivity index (χ0v) is 19.4. The van der Waals surface area contributed by atoms with Gasteiger partial charge in [0, 0.05) is 6.61 Å². The minimum atomic E-state index is -4.22. The number of ether oxygens (including phenoxy) is 1. The fourth-order valence-corrected chi connectivity index (χ4v) is 4.69. The van der Waals surface area contributed by atoms with E-state index in [4.69, 9.17) is 18.9 Å². The molecule has 0 saturated carbocycles. The van der Waals surface area contributed by atoms with Crippen molar-refractivity contribution in [2.24, 2.45) is 5.92 Å². The van der Waals surface area contributed by atoms with Crippen molar-refractivity contribution in [2.45, 2.75) is 116 Å². The highest BCUT2D eigenvalue weighted by Gasteiger charge is 2.46. The smallest absolute Gasteiger partial charge is 0.396 e. The van der Waals surface area contributed by atoms with Gasteiger partial charge in [-0.3, -0.25) is 9.05 Å². The molecule has 7 nitrogen and oxygen atoms in total. The maximum Gasteiger partial charge on any atom is 0.472 e. The summed E-state index contributed by atoms with van der Waals surface area (Å²) in [7, 11) is -4.22. The minimum Gasteiger partial charge on any atom is -0.396 e. The van der Waals surface area contributed by atoms with Crippen LogP contribution < -0.4 is 0 Å². The maximum absolute atomic E-state index is 12.3. The van der Waals surface area contributed by atoms with Gasteiger partial charge in [0.25, 0.3) is 0 Å². The van der Waals surface area contributed by atoms with Crippen LogP contribution in [0.2, 0.25) is 0 Å². The number of unbranched alkanes of at least 4 members (excludes halogenated alkanes) is 9. The summed E-state index contributed by atoms with van der Waals surface area (Å²) in [5.41, 5.74) is 0. The van der Waals surface area contributed by atoms with Crippen LogP contribution in [0.4, 0.5) is 0 Å². The molecule has 0 aliphatic carbocycles. The van der Waals surface area contributed by atoms with Gasteiger partial charge in [-0.25, -0.2) is 4.57 Å². The first kappa shape index (κ1) is 27.0. The molecule has 1 saturated heterocycles. The first-order valence-electron chi connectivity index (χ1n) is 11.4. The summed E-state index contributed by atoms with van der Waals surface area (Å²) in [4.78, 5) is 10.0. The topological polar surface area (TPSA) is 105 Å². The van der Waals surface area contributed by atoms with E-state index in [9.17, 15) is 14.6 Å². The summed E-state index contributed by atoms with van der Waals surface area (Å²) in [6.45, 7) is 6.26. The third kappa shape index (κ3) is 11.8. The normalized spacial score (nSPS) is 26.9. The number of aliphatic hydroxyl groups excluding tert-OH is 2. The monoisotopic (exact) mass is 438 g/mol. The minimum absolute atomic E-state index is 0.170. The fourth-order valence-electron chi connectivity index (χ4n) is 3.70. The largest absolute Gasteiger partial charge is 0.472 e. The number of phosphoric ester groups is 1. The Morgan fingerprint density at radius 3 is 2.00 bits per heavy atom. The molecule has 0 amide bonds. The summed E-state index contributed by atoms with van der Waals surface area (Å²) in [5.74, 6) is 0.322. The molecule has 0 aromatic rings. The Morgan fingerprint density at radius 2 is 1.48 bits per heavy atom. The van der Waals surface area contributed by atoms with Gasteiger partial charge >= 0.3 is 7.82 Å². The van der Waals surface area contributed by atoms with Gasteiger partial charge in [0.1, 0.15) is 12.2 Å². The highest BCUT2D eigenvalue weighted by molar-refractivity contribution is 7.47. The predicted molar refractivity (Wildman–Crippen MR) is 114 cm³/mol. The summed E-state index contributed by atoms with van der Waals surface area (Å²) in [6, 6.07) is 0. The van der Waals surface area contributed by atoms with E-state index >= 15 is 0 Å². The van der Waals surface area contributed by atoms with E-state index in [0.29, 0.717) is 25.4 Å². The summed E-state index contributed by atoms with van der Waals surface area (Å²) < 4.78 is 28.4. The molecule has 1 aliphatic heterocycles. The zero-order chi connectivity index (χ0) is 21.7. The van der Waals surface area contributed by atoms with Crippen molar-refractivity contribution in [3.63, 3.8) is 0 Å². The Balaban J connectivity index is 2.15. The lowest BCUT2D eigenvalue weighted by Crippen LogP contribution is -2.34. The molecule has 0 radical (unpaired) electrons. The van der Waals surface area contributed by atoms with Crippen molar-refractivity contribution < 1.29 is 33.5 Å². The molecular weight excluding hydrogens is 395 g/mol. The van der Waals surface area contributed by atoms with Crippen LogP contribution >= 0.6 is 7.82 Å². The Kier molecular flexibility index (Phi) is 13.9. The van der Waals surface area contributed by atoms with E-state index in [1.807, 2.05) is 13.8 Å². The van der Waals surface area contributed by atoms with Crippen molar-refractivity contribution in [2.75, 3.05) is 13.2 Å². The molecule has 5 atom stereocenters. The van der Waals surface area contributed by atoms with Gasteiger partial charge in [0.15, 0.2) is 0 Å². The molecular formula is C21H43O7P. The van der Waals surface area contributed by atoms with Gasteiger partial charge in [-0.05, 0) is 32.1 Å². The molecule has 1 fully saturated rings. The molecule has 1 unspecified atom stereocenters. The Bertz CT molecular complexity index is 458. The molecule has 1 aliphatic rings. The van der Waals surface area contributed by atoms with Crippen LogP contribution in [-0.4, -0.2) is 52.7 Å². The molecule has 174 valence electrons. The van der Waals surface area contributed by atoms with Crippen molar-refractivity contribution >= 4 is 7.82 Å². The number of aliphatic hydroxyl groups is 2. The quantitative estimate of drug-likeness (QED) is 0.225. The Morgan fingerprint density at radius 1 is 0.966 bits per heavy atom. The molecule has 29 heavy (non-hydrogen) atoms. The molecule has 0 aromatic carbocycles. The highest BCUT2D eigenvalue weighted by Crippen LogP contribution is 2.48. The summed E-state index contributed by atoms with van der Waals surface area (Å²) >= 11 is 0. The van der Waals surface area contributed by atoms with Gasteiger partial charge in [0.2, 0.25) is 0 Å². The average Bonchev–Trinajstić information content (AvgIpc) is 2.89. The number of rotatable bonds is 17. The standard InChI is InChI=1S/C21H43O7P/c1-17(2)16-19-21(20(23)18(3)27-19)28-29(24,25)26-15-13-11-9-7-5-4-6-8-10-12-14-22/h17-23H,4-16H2,1-3H3,(H,24,25)/t18-,19+,20-,21+/m0/s1. The lowest BCUT2D eigenvalue weighted by molar-refractivity contribution is -0.000540. The lowest BCUT2D eigenvalue weighted by Gasteiger charge is -2.24. The molecule has 1 rings (SSSR count). The molecule has 1 heterocycles. The summed E-state index contributed by atoms with van der Waals surface area (Å²) in [6.07, 6.45) is 8.78. The number of phosphoric acid groups is 1. The van der Waals surface area contributed by atoms with Crippen LogP contribution in [0.15, 0.2) is 0 Å². The van der Waals surface area contributed by atoms with Crippen molar-refractivity contribution in [1.82, 2.24) is 0 Å². The van der Waals surface area contributed by atoms with E-state index in [1.165, 1.54) is 25.7 Å². The SMILES string of the molecule is CC(C)C[C@H]1O[C@@H](C)[C@H](O)[C@@H]1OP(=O)(O)OCCCCCCCCCCCCO. The average molecular weight is 439 g/mol. The van der Waals surface area contributed by atoms with E-state index in [0.717, 1.165) is 32.1 Å². The highest BCUT2D eigenvalue weighted by atomic mass is 31.2. The maximum atomic E-state index is 12.3. The van der Waals surface area contributed by atoms with E-state index in [2.05, 4.69) is 0 Å². The number of hydrogen-bond donors (Lipinski definition) is 3. The van der Waals surface area contributed by atoms with E-state index in [-0.39, 0.29) is 6.61 Å². The third-order valence-corrected chi connectivity index (χ3v) is 6.36. The van der Waals surface area contributed by atoms with Crippen LogP contribution in [0.1, 0.15) is 91.4 Å². The third-order valence-electron chi connectivity index (χ3n) is 5.34. The van der Waals surface area contributed by atoms with Crippen LogP contribution in [0, 0.1) is 5.92 Å². The number of hydrogen-bond acceptors (Lipinski definition) is 6. The second-order valence-electron chi connectivity index (χ2n) is 8.63. The van der Waals surface area contributed by atoms with Gasteiger partial charge in [0.05, 0.1) is 18.8 Å². The molecule has 0 spiro atoms. The van der Waals surface area contributed by atoms with Gasteiger partial charge in [-0.1, -0.05) is 65.2 Å². The van der Waals surface area contributed by atoms with Gasteiger partial charge in [-0.2, -0.15) is 0 Å². The van der Waals surface area contributed by atoms with E-state index in [1.54, 1.807) is 6.92 Å². The molecule has 0 aromatic heterocycles. The molecule has 3 N–H and O–H groups in total. The zero-order valence-electron chi connectivity index (χ0n) is 18.5. The van der Waals surface area contributed by atoms with Crippen LogP contribution in [-0.2, 0) is 18.3 Å². The summed E-state index contributed by atoms with van der Waals surface area (Å²) in [5, 5.41) is 19.0. The first-order chi connectivity index (χ1) is 13.8. The van der Waals surface area contributed by atoms with Gasteiger partial charge in [-0.15, -0.1) is 0 Å². The van der Waals surface area contributed by atoms with Crippen LogP contribution in [0.5, 0.6) is 0 Å². The fraction of sp³-hybridized carbons (Fsp3) is 1.00. The second-order valence-corrected chi connectivity index (χ2v) is 10.0. The van der Waals surface area contributed by atoms with Crippen LogP contribution in [0.3, 0.4) is 0 Å². The first-order valence-corrected chi connectivity index (χ1v) is 12.9. The van der Waals surface area contributed by atoms with Crippen molar-refractivity contribution in [3.05, 3.63) is 0 Å².